The summed E-state index contributed by atoms with van der Waals surface area (Å²) < 4.78 is 5.46. The summed E-state index contributed by atoms with van der Waals surface area (Å²) in [5.41, 5.74) is 4.22. The first-order valence-corrected chi connectivity index (χ1v) is 8.63. The fourth-order valence-corrected chi connectivity index (χ4v) is 2.59. The standard InChI is InChI=1S/C18H16Cl2N2O5/c19-11-7-8-15(14(20)10-11)27-9-3-6-16(23)21-22-17(24)12-4-1-2-5-13(12)18(25)26/h1-2,4-5,7-8,10H,3,6,9H2,(H,21,23)(H,22,24)(H,25,26). The van der Waals surface area contributed by atoms with Crippen molar-refractivity contribution < 1.29 is 24.2 Å². The van der Waals surface area contributed by atoms with Crippen LogP contribution in [0.15, 0.2) is 42.5 Å². The summed E-state index contributed by atoms with van der Waals surface area (Å²) >= 11 is 11.8. The Morgan fingerprint density at radius 2 is 1.70 bits per heavy atom. The Hall–Kier alpha value is -2.77. The predicted octanol–water partition coefficient (Wildman–Crippen LogP) is 3.31. The van der Waals surface area contributed by atoms with Crippen molar-refractivity contribution in [3.05, 3.63) is 63.6 Å². The van der Waals surface area contributed by atoms with E-state index in [2.05, 4.69) is 10.9 Å². The zero-order chi connectivity index (χ0) is 19.8. The van der Waals surface area contributed by atoms with Crippen LogP contribution in [0.3, 0.4) is 0 Å². The molecule has 0 spiro atoms. The minimum atomic E-state index is -1.23. The number of carboxylic acid groups (broad SMARTS) is 1. The van der Waals surface area contributed by atoms with Gasteiger partial charge in [0, 0.05) is 11.4 Å². The van der Waals surface area contributed by atoms with Crippen molar-refractivity contribution in [3.8, 4) is 5.75 Å². The third-order valence-corrected chi connectivity index (χ3v) is 3.95. The smallest absolute Gasteiger partial charge is 0.336 e. The molecule has 0 heterocycles. The predicted molar refractivity (Wildman–Crippen MR) is 100 cm³/mol. The van der Waals surface area contributed by atoms with Crippen LogP contribution in [0.2, 0.25) is 10.0 Å². The molecule has 2 rings (SSSR count). The summed E-state index contributed by atoms with van der Waals surface area (Å²) in [6.07, 6.45) is 0.471. The van der Waals surface area contributed by atoms with Gasteiger partial charge in [0.05, 0.1) is 22.8 Å². The number of ether oxygens (including phenoxy) is 1. The molecule has 0 aliphatic rings. The number of benzene rings is 2. The molecule has 2 amide bonds. The zero-order valence-corrected chi connectivity index (χ0v) is 15.5. The van der Waals surface area contributed by atoms with Gasteiger partial charge in [0.1, 0.15) is 5.75 Å². The lowest BCUT2D eigenvalue weighted by atomic mass is 10.1. The molecule has 3 N–H and O–H groups in total. The molecule has 0 radical (unpaired) electrons. The van der Waals surface area contributed by atoms with Crippen molar-refractivity contribution in [1.82, 2.24) is 10.9 Å². The van der Waals surface area contributed by atoms with Gasteiger partial charge in [-0.15, -0.1) is 0 Å². The van der Waals surface area contributed by atoms with Crippen LogP contribution in [0, 0.1) is 0 Å². The third kappa shape index (κ3) is 6.16. The van der Waals surface area contributed by atoms with Crippen molar-refractivity contribution in [2.75, 3.05) is 6.61 Å². The number of halogens is 2. The van der Waals surface area contributed by atoms with Gasteiger partial charge in [-0.2, -0.15) is 0 Å². The highest BCUT2D eigenvalue weighted by Gasteiger charge is 2.16. The minimum absolute atomic E-state index is 0.0500. The fourth-order valence-electron chi connectivity index (χ4n) is 2.13. The summed E-state index contributed by atoms with van der Waals surface area (Å²) in [6, 6.07) is 10.5. The van der Waals surface area contributed by atoms with Crippen molar-refractivity contribution in [2.24, 2.45) is 0 Å². The largest absolute Gasteiger partial charge is 0.492 e. The molecule has 0 saturated heterocycles. The summed E-state index contributed by atoms with van der Waals surface area (Å²) in [5, 5.41) is 9.93. The Balaban J connectivity index is 1.75. The average molecular weight is 411 g/mol. The van der Waals surface area contributed by atoms with Crippen molar-refractivity contribution in [1.29, 1.82) is 0 Å². The number of carboxylic acids is 1. The molecule has 0 atom stereocenters. The molecule has 0 aliphatic carbocycles. The zero-order valence-electron chi connectivity index (χ0n) is 14.0. The summed E-state index contributed by atoms with van der Waals surface area (Å²) in [7, 11) is 0. The van der Waals surface area contributed by atoms with Gasteiger partial charge in [-0.25, -0.2) is 4.79 Å². The molecule has 27 heavy (non-hydrogen) atoms. The SMILES string of the molecule is O=C(CCCOc1ccc(Cl)cc1Cl)NNC(=O)c1ccccc1C(=O)O. The van der Waals surface area contributed by atoms with E-state index in [0.29, 0.717) is 22.2 Å². The van der Waals surface area contributed by atoms with E-state index in [1.165, 1.54) is 24.3 Å². The van der Waals surface area contributed by atoms with Crippen LogP contribution < -0.4 is 15.6 Å². The maximum absolute atomic E-state index is 12.0. The van der Waals surface area contributed by atoms with Gasteiger partial charge in [0.15, 0.2) is 0 Å². The lowest BCUT2D eigenvalue weighted by Gasteiger charge is -2.10. The Morgan fingerprint density at radius 3 is 2.37 bits per heavy atom. The Labute approximate surface area is 165 Å². The second-order valence-corrected chi connectivity index (χ2v) is 6.22. The van der Waals surface area contributed by atoms with E-state index in [1.807, 2.05) is 0 Å². The topological polar surface area (TPSA) is 105 Å². The first-order chi connectivity index (χ1) is 12.9. The van der Waals surface area contributed by atoms with E-state index in [0.717, 1.165) is 0 Å². The van der Waals surface area contributed by atoms with Gasteiger partial charge in [-0.05, 0) is 36.8 Å². The highest BCUT2D eigenvalue weighted by atomic mass is 35.5. The fraction of sp³-hybridized carbons (Fsp3) is 0.167. The molecule has 2 aromatic rings. The number of amides is 2. The van der Waals surface area contributed by atoms with E-state index in [9.17, 15) is 14.4 Å². The van der Waals surface area contributed by atoms with Gasteiger partial charge >= 0.3 is 5.97 Å². The van der Waals surface area contributed by atoms with E-state index in [-0.39, 0.29) is 24.2 Å². The number of aromatic carboxylic acids is 1. The highest BCUT2D eigenvalue weighted by molar-refractivity contribution is 6.35. The van der Waals surface area contributed by atoms with Crippen LogP contribution in [-0.4, -0.2) is 29.5 Å². The molecule has 0 bridgehead atoms. The summed E-state index contributed by atoms with van der Waals surface area (Å²) in [5.74, 6) is -1.93. The van der Waals surface area contributed by atoms with E-state index in [1.54, 1.807) is 18.2 Å². The van der Waals surface area contributed by atoms with Gasteiger partial charge in [0.25, 0.3) is 5.91 Å². The van der Waals surface area contributed by atoms with E-state index >= 15 is 0 Å². The first kappa shape index (κ1) is 20.5. The number of hydrogen-bond donors (Lipinski definition) is 3. The van der Waals surface area contributed by atoms with Crippen LogP contribution in [0.25, 0.3) is 0 Å². The lowest BCUT2D eigenvalue weighted by Crippen LogP contribution is -2.42. The molecule has 7 nitrogen and oxygen atoms in total. The minimum Gasteiger partial charge on any atom is -0.492 e. The number of rotatable bonds is 7. The molecular formula is C18H16Cl2N2O5. The Morgan fingerprint density at radius 1 is 1.00 bits per heavy atom. The second-order valence-electron chi connectivity index (χ2n) is 5.38. The van der Waals surface area contributed by atoms with Crippen molar-refractivity contribution in [2.45, 2.75) is 12.8 Å². The van der Waals surface area contributed by atoms with Crippen LogP contribution >= 0.6 is 23.2 Å². The van der Waals surface area contributed by atoms with Gasteiger partial charge in [-0.3, -0.25) is 20.4 Å². The highest BCUT2D eigenvalue weighted by Crippen LogP contribution is 2.27. The summed E-state index contributed by atoms with van der Waals surface area (Å²) in [4.78, 5) is 34.9. The molecule has 142 valence electrons. The lowest BCUT2D eigenvalue weighted by molar-refractivity contribution is -0.122. The van der Waals surface area contributed by atoms with Crippen LogP contribution in [0.4, 0.5) is 0 Å². The average Bonchev–Trinajstić information content (AvgIpc) is 2.64. The van der Waals surface area contributed by atoms with Crippen LogP contribution in [-0.2, 0) is 4.79 Å². The molecule has 9 heteroatoms. The van der Waals surface area contributed by atoms with Crippen LogP contribution in [0.1, 0.15) is 33.6 Å². The Kier molecular flexibility index (Phi) is 7.45. The summed E-state index contributed by atoms with van der Waals surface area (Å²) in [6.45, 7) is 0.241. The molecule has 0 aromatic heterocycles. The van der Waals surface area contributed by atoms with Crippen LogP contribution in [0.5, 0.6) is 5.75 Å². The quantitative estimate of drug-likeness (QED) is 0.479. The second kappa shape index (κ2) is 9.80. The number of carbonyl (C=O) groups excluding carboxylic acids is 2. The molecule has 2 aromatic carbocycles. The van der Waals surface area contributed by atoms with Gasteiger partial charge in [-0.1, -0.05) is 35.3 Å². The van der Waals surface area contributed by atoms with Gasteiger partial charge in [0.2, 0.25) is 5.91 Å². The maximum Gasteiger partial charge on any atom is 0.336 e. The van der Waals surface area contributed by atoms with Crippen molar-refractivity contribution >= 4 is 41.0 Å². The molecule has 0 saturated carbocycles. The number of hydrogen-bond acceptors (Lipinski definition) is 4. The molecule has 0 fully saturated rings. The number of carbonyl (C=O) groups is 3. The molecule has 0 unspecified atom stereocenters. The third-order valence-electron chi connectivity index (χ3n) is 3.42. The van der Waals surface area contributed by atoms with E-state index in [4.69, 9.17) is 33.0 Å². The normalized spacial score (nSPS) is 10.1. The van der Waals surface area contributed by atoms with Crippen molar-refractivity contribution in [3.63, 3.8) is 0 Å². The molecule has 0 aliphatic heterocycles. The molecular weight excluding hydrogens is 395 g/mol. The number of nitrogens with one attached hydrogen (secondary N) is 2. The maximum atomic E-state index is 12.0. The first-order valence-electron chi connectivity index (χ1n) is 7.88. The Bertz CT molecular complexity index is 857. The van der Waals surface area contributed by atoms with Gasteiger partial charge < -0.3 is 9.84 Å². The van der Waals surface area contributed by atoms with E-state index < -0.39 is 17.8 Å². The monoisotopic (exact) mass is 410 g/mol. The number of hydrazine groups is 1.